The van der Waals surface area contributed by atoms with Crippen molar-refractivity contribution in [1.29, 1.82) is 0 Å². The molecule has 146 valence electrons. The summed E-state index contributed by atoms with van der Waals surface area (Å²) in [5.74, 6) is 0.494. The number of aryl methyl sites for hydroxylation is 2. The zero-order chi connectivity index (χ0) is 20.4. The van der Waals surface area contributed by atoms with Crippen LogP contribution in [0.3, 0.4) is 0 Å². The Morgan fingerprint density at radius 2 is 2.00 bits per heavy atom. The summed E-state index contributed by atoms with van der Waals surface area (Å²) in [5.41, 5.74) is 3.36. The molecule has 2 aromatic heterocycles. The molecular weight excluding hydrogens is 368 g/mol. The molecule has 1 N–H and O–H groups in total. The second kappa shape index (κ2) is 7.75. The van der Waals surface area contributed by atoms with Gasteiger partial charge in [-0.1, -0.05) is 6.07 Å². The fourth-order valence-corrected chi connectivity index (χ4v) is 3.45. The quantitative estimate of drug-likeness (QED) is 0.518. The molecule has 0 saturated carbocycles. The molecule has 4 aromatic rings. The molecule has 0 atom stereocenters. The largest absolute Gasteiger partial charge is 0.496 e. The van der Waals surface area contributed by atoms with Gasteiger partial charge in [0.05, 0.1) is 18.3 Å². The fraction of sp³-hybridized carbons (Fsp3) is 0.174. The number of carbonyl (C=O) groups excluding carboxylic acids is 1. The Hall–Kier alpha value is -3.67. The lowest BCUT2D eigenvalue weighted by molar-refractivity contribution is -0.116. The van der Waals surface area contributed by atoms with E-state index in [4.69, 9.17) is 9.15 Å². The standard InChI is InChI=1S/C23H20N2O4/c1-14-11-23(27)29-21-13-20(28-2)15(12-17(14)21)8-9-22(26)25-19-7-3-6-18-16(19)5-4-10-24-18/h3-7,10-13H,8-9H2,1-2H3,(H,25,26). The van der Waals surface area contributed by atoms with Crippen LogP contribution < -0.4 is 15.7 Å². The molecule has 4 rings (SSSR count). The molecule has 2 aromatic carbocycles. The van der Waals surface area contributed by atoms with Gasteiger partial charge >= 0.3 is 5.63 Å². The van der Waals surface area contributed by atoms with E-state index in [-0.39, 0.29) is 12.3 Å². The summed E-state index contributed by atoms with van der Waals surface area (Å²) in [4.78, 5) is 28.5. The Morgan fingerprint density at radius 3 is 2.83 bits per heavy atom. The first kappa shape index (κ1) is 18.7. The predicted octanol–water partition coefficient (Wildman–Crippen LogP) is 4.23. The van der Waals surface area contributed by atoms with E-state index in [1.54, 1.807) is 19.4 Å². The Balaban J connectivity index is 1.56. The summed E-state index contributed by atoms with van der Waals surface area (Å²) < 4.78 is 10.7. The van der Waals surface area contributed by atoms with Crippen LogP contribution in [0.5, 0.6) is 5.75 Å². The third kappa shape index (κ3) is 3.82. The van der Waals surface area contributed by atoms with Crippen LogP contribution in [0.4, 0.5) is 5.69 Å². The average molecular weight is 388 g/mol. The van der Waals surface area contributed by atoms with Gasteiger partial charge in [0.15, 0.2) is 0 Å². The number of hydrogen-bond acceptors (Lipinski definition) is 5. The first-order chi connectivity index (χ1) is 14.0. The molecule has 0 aliphatic carbocycles. The average Bonchev–Trinajstić information content (AvgIpc) is 2.72. The molecule has 0 spiro atoms. The SMILES string of the molecule is COc1cc2oc(=O)cc(C)c2cc1CCC(=O)Nc1cccc2ncccc12. The number of pyridine rings is 1. The van der Waals surface area contributed by atoms with Crippen LogP contribution in [-0.2, 0) is 11.2 Å². The molecule has 0 aliphatic rings. The number of ether oxygens (including phenoxy) is 1. The van der Waals surface area contributed by atoms with E-state index in [9.17, 15) is 9.59 Å². The summed E-state index contributed by atoms with van der Waals surface area (Å²) in [6.07, 6.45) is 2.50. The van der Waals surface area contributed by atoms with Crippen molar-refractivity contribution in [3.8, 4) is 5.75 Å². The van der Waals surface area contributed by atoms with Crippen LogP contribution in [0.15, 0.2) is 63.9 Å². The van der Waals surface area contributed by atoms with Gasteiger partial charge in [-0.2, -0.15) is 0 Å². The van der Waals surface area contributed by atoms with Crippen molar-refractivity contribution < 1.29 is 13.9 Å². The topological polar surface area (TPSA) is 81.4 Å². The molecule has 0 unspecified atom stereocenters. The molecule has 0 fully saturated rings. The van der Waals surface area contributed by atoms with E-state index in [0.717, 1.165) is 33.1 Å². The van der Waals surface area contributed by atoms with Crippen LogP contribution in [0.25, 0.3) is 21.9 Å². The maximum Gasteiger partial charge on any atom is 0.336 e. The summed E-state index contributed by atoms with van der Waals surface area (Å²) in [5, 5.41) is 4.70. The van der Waals surface area contributed by atoms with Crippen LogP contribution in [0.2, 0.25) is 0 Å². The van der Waals surface area contributed by atoms with Crippen molar-refractivity contribution in [2.24, 2.45) is 0 Å². The smallest absolute Gasteiger partial charge is 0.336 e. The fourth-order valence-electron chi connectivity index (χ4n) is 3.45. The first-order valence-corrected chi connectivity index (χ1v) is 9.30. The number of hydrogen-bond donors (Lipinski definition) is 1. The van der Waals surface area contributed by atoms with Gasteiger partial charge in [0.1, 0.15) is 11.3 Å². The normalized spacial score (nSPS) is 11.0. The highest BCUT2D eigenvalue weighted by atomic mass is 16.5. The summed E-state index contributed by atoms with van der Waals surface area (Å²) in [6.45, 7) is 1.86. The van der Waals surface area contributed by atoms with Crippen LogP contribution in [0.1, 0.15) is 17.5 Å². The monoisotopic (exact) mass is 388 g/mol. The Bertz CT molecular complexity index is 1270. The van der Waals surface area contributed by atoms with Gasteiger partial charge in [-0.05, 0) is 54.8 Å². The number of nitrogens with one attached hydrogen (secondary N) is 1. The lowest BCUT2D eigenvalue weighted by Gasteiger charge is -2.12. The third-order valence-corrected chi connectivity index (χ3v) is 4.89. The van der Waals surface area contributed by atoms with E-state index in [2.05, 4.69) is 10.3 Å². The van der Waals surface area contributed by atoms with Crippen LogP contribution >= 0.6 is 0 Å². The number of benzene rings is 2. The van der Waals surface area contributed by atoms with Gasteiger partial charge in [0, 0.05) is 35.5 Å². The molecule has 0 saturated heterocycles. The number of aromatic nitrogens is 1. The predicted molar refractivity (Wildman–Crippen MR) is 112 cm³/mol. The van der Waals surface area contributed by atoms with Crippen molar-refractivity contribution in [1.82, 2.24) is 4.98 Å². The van der Waals surface area contributed by atoms with Gasteiger partial charge < -0.3 is 14.5 Å². The molecule has 1 amide bonds. The molecule has 0 radical (unpaired) electrons. The minimum atomic E-state index is -0.395. The minimum Gasteiger partial charge on any atom is -0.496 e. The number of carbonyl (C=O) groups is 1. The number of rotatable bonds is 5. The second-order valence-electron chi connectivity index (χ2n) is 6.83. The van der Waals surface area contributed by atoms with Gasteiger partial charge in [0.25, 0.3) is 0 Å². The van der Waals surface area contributed by atoms with Crippen LogP contribution in [0, 0.1) is 6.92 Å². The van der Waals surface area contributed by atoms with Crippen LogP contribution in [-0.4, -0.2) is 18.0 Å². The third-order valence-electron chi connectivity index (χ3n) is 4.89. The Morgan fingerprint density at radius 1 is 1.14 bits per heavy atom. The van der Waals surface area contributed by atoms with Crippen molar-refractivity contribution in [2.75, 3.05) is 12.4 Å². The van der Waals surface area contributed by atoms with Gasteiger partial charge in [-0.25, -0.2) is 4.79 Å². The molecule has 6 nitrogen and oxygen atoms in total. The maximum atomic E-state index is 12.6. The number of fused-ring (bicyclic) bond motifs is 2. The van der Waals surface area contributed by atoms with Gasteiger partial charge in [-0.15, -0.1) is 0 Å². The lowest BCUT2D eigenvalue weighted by Crippen LogP contribution is -2.13. The van der Waals surface area contributed by atoms with E-state index in [0.29, 0.717) is 17.8 Å². The van der Waals surface area contributed by atoms with E-state index >= 15 is 0 Å². The number of anilines is 1. The summed E-state index contributed by atoms with van der Waals surface area (Å²) in [7, 11) is 1.56. The van der Waals surface area contributed by atoms with Crippen molar-refractivity contribution in [2.45, 2.75) is 19.8 Å². The highest BCUT2D eigenvalue weighted by molar-refractivity contribution is 6.01. The first-order valence-electron chi connectivity index (χ1n) is 9.30. The Kier molecular flexibility index (Phi) is 4.99. The summed E-state index contributed by atoms with van der Waals surface area (Å²) >= 11 is 0. The minimum absolute atomic E-state index is 0.0974. The van der Waals surface area contributed by atoms with Crippen molar-refractivity contribution in [3.63, 3.8) is 0 Å². The van der Waals surface area contributed by atoms with E-state index in [1.165, 1.54) is 6.07 Å². The van der Waals surface area contributed by atoms with Gasteiger partial charge in [0.2, 0.25) is 5.91 Å². The second-order valence-corrected chi connectivity index (χ2v) is 6.83. The summed E-state index contributed by atoms with van der Waals surface area (Å²) in [6, 6.07) is 14.5. The number of nitrogens with zero attached hydrogens (tertiary/aromatic N) is 1. The molecule has 29 heavy (non-hydrogen) atoms. The number of methoxy groups -OCH3 is 1. The van der Waals surface area contributed by atoms with E-state index in [1.807, 2.05) is 43.3 Å². The zero-order valence-corrected chi connectivity index (χ0v) is 16.2. The molecule has 2 heterocycles. The molecule has 6 heteroatoms. The van der Waals surface area contributed by atoms with E-state index < -0.39 is 5.63 Å². The maximum absolute atomic E-state index is 12.6. The van der Waals surface area contributed by atoms with Gasteiger partial charge in [-0.3, -0.25) is 9.78 Å². The zero-order valence-electron chi connectivity index (χ0n) is 16.2. The van der Waals surface area contributed by atoms with Crippen molar-refractivity contribution >= 4 is 33.5 Å². The molecular formula is C23H20N2O4. The van der Waals surface area contributed by atoms with Crippen molar-refractivity contribution in [3.05, 3.63) is 76.3 Å². The lowest BCUT2D eigenvalue weighted by atomic mass is 10.0. The number of amides is 1. The highest BCUT2D eigenvalue weighted by Crippen LogP contribution is 2.28. The Labute approximate surface area is 167 Å². The highest BCUT2D eigenvalue weighted by Gasteiger charge is 2.12. The molecule has 0 bridgehead atoms. The molecule has 0 aliphatic heterocycles.